The van der Waals surface area contributed by atoms with Crippen LogP contribution in [-0.2, 0) is 6.42 Å². The number of hydrogen-bond donors (Lipinski definition) is 0. The average Bonchev–Trinajstić information content (AvgIpc) is 3.11. The molecular formula is C22H24F2Se. The van der Waals surface area contributed by atoms with Crippen molar-refractivity contribution in [3.05, 3.63) is 75.8 Å². The molecule has 1 aliphatic heterocycles. The Labute approximate surface area is 154 Å². The summed E-state index contributed by atoms with van der Waals surface area (Å²) in [7, 11) is 0. The molecule has 0 nitrogen and oxygen atoms in total. The van der Waals surface area contributed by atoms with E-state index in [0.29, 0.717) is 11.1 Å². The van der Waals surface area contributed by atoms with Gasteiger partial charge < -0.3 is 0 Å². The summed E-state index contributed by atoms with van der Waals surface area (Å²) >= 11 is -0.515. The first-order valence-corrected chi connectivity index (χ1v) is 11.0. The average molecular weight is 405 g/mol. The van der Waals surface area contributed by atoms with Crippen molar-refractivity contribution in [3.63, 3.8) is 0 Å². The van der Waals surface area contributed by atoms with E-state index in [2.05, 4.69) is 19.9 Å². The third-order valence-corrected chi connectivity index (χ3v) is 7.62. The molecule has 2 aromatic rings. The number of allylic oxidation sites excluding steroid dienone is 3. The Balaban J connectivity index is 1.84. The second-order valence-electron chi connectivity index (χ2n) is 6.34. The second-order valence-corrected chi connectivity index (χ2v) is 9.34. The molecule has 0 saturated heterocycles. The molecule has 0 radical (unpaired) electrons. The van der Waals surface area contributed by atoms with Crippen LogP contribution in [0.15, 0.2) is 53.0 Å². The van der Waals surface area contributed by atoms with Crippen LogP contribution >= 0.6 is 0 Å². The molecule has 3 heteroatoms. The van der Waals surface area contributed by atoms with Gasteiger partial charge in [-0.05, 0) is 0 Å². The van der Waals surface area contributed by atoms with Crippen LogP contribution in [0.2, 0.25) is 0 Å². The van der Waals surface area contributed by atoms with Crippen molar-refractivity contribution < 1.29 is 8.78 Å². The van der Waals surface area contributed by atoms with Gasteiger partial charge in [-0.25, -0.2) is 0 Å². The fourth-order valence-corrected chi connectivity index (χ4v) is 5.76. The molecule has 0 unspecified atom stereocenters. The summed E-state index contributed by atoms with van der Waals surface area (Å²) in [4.78, 5) is 0. The Bertz CT molecular complexity index is 817. The van der Waals surface area contributed by atoms with E-state index in [4.69, 9.17) is 0 Å². The van der Waals surface area contributed by atoms with Crippen molar-refractivity contribution in [3.8, 4) is 11.1 Å². The molecule has 0 aliphatic carbocycles. The maximum atomic E-state index is 14.7. The summed E-state index contributed by atoms with van der Waals surface area (Å²) in [6.45, 7) is 4.25. The molecule has 0 atom stereocenters. The topological polar surface area (TPSA) is 0 Å². The van der Waals surface area contributed by atoms with Gasteiger partial charge in [-0.1, -0.05) is 0 Å². The van der Waals surface area contributed by atoms with Crippen LogP contribution in [0, 0.1) is 11.6 Å². The number of halogens is 2. The van der Waals surface area contributed by atoms with Gasteiger partial charge in [-0.15, -0.1) is 0 Å². The fraction of sp³-hybridized carbons (Fsp3) is 0.273. The van der Waals surface area contributed by atoms with Crippen molar-refractivity contribution in [2.75, 3.05) is 0 Å². The molecule has 0 saturated carbocycles. The van der Waals surface area contributed by atoms with E-state index in [1.54, 1.807) is 12.1 Å². The Kier molecular flexibility index (Phi) is 5.88. The quantitative estimate of drug-likeness (QED) is 0.534. The van der Waals surface area contributed by atoms with Gasteiger partial charge in [0.25, 0.3) is 0 Å². The Morgan fingerprint density at radius 2 is 1.52 bits per heavy atom. The maximum absolute atomic E-state index is 14.7. The van der Waals surface area contributed by atoms with Crippen LogP contribution in [0.1, 0.15) is 44.2 Å². The third-order valence-electron chi connectivity index (χ3n) is 4.59. The molecule has 0 bridgehead atoms. The van der Waals surface area contributed by atoms with Crippen molar-refractivity contribution in [2.45, 2.75) is 39.5 Å². The van der Waals surface area contributed by atoms with Gasteiger partial charge in [0.2, 0.25) is 0 Å². The monoisotopic (exact) mass is 406 g/mol. The van der Waals surface area contributed by atoms with Gasteiger partial charge in [-0.2, -0.15) is 0 Å². The number of unbranched alkanes of at least 4 members (excludes halogenated alkanes) is 1. The van der Waals surface area contributed by atoms with Crippen LogP contribution in [0.5, 0.6) is 0 Å². The van der Waals surface area contributed by atoms with Crippen molar-refractivity contribution >= 4 is 19.4 Å². The predicted octanol–water partition coefficient (Wildman–Crippen LogP) is 5.79. The minimum atomic E-state index is -0.740. The van der Waals surface area contributed by atoms with E-state index in [1.807, 2.05) is 30.3 Å². The Morgan fingerprint density at radius 3 is 2.20 bits per heavy atom. The first-order valence-electron chi connectivity index (χ1n) is 8.89. The molecular weight excluding hydrogens is 381 g/mol. The molecule has 3 rings (SSSR count). The summed E-state index contributed by atoms with van der Waals surface area (Å²) in [6.07, 6.45) is 8.44. The molecule has 25 heavy (non-hydrogen) atoms. The van der Waals surface area contributed by atoms with Gasteiger partial charge in [0.15, 0.2) is 0 Å². The SMILES string of the molecule is CCCCC1=CC=C(c2ccc(-c3ccc(CC)cc3)c(F)c2F)[SeH2]1. The predicted molar refractivity (Wildman–Crippen MR) is 105 cm³/mol. The van der Waals surface area contributed by atoms with Gasteiger partial charge >= 0.3 is 155 Å². The fourth-order valence-electron chi connectivity index (χ4n) is 3.01. The zero-order valence-electron chi connectivity index (χ0n) is 14.7. The standard InChI is InChI=1S/C22H24F2Se/c1-3-5-6-17-11-14-20(25-17)19-13-12-18(21(23)22(19)24)16-9-7-15(4-2)8-10-16/h7-14H,3-6,25H2,1-2H3. The summed E-state index contributed by atoms with van der Waals surface area (Å²) in [5.41, 5.74) is 2.68. The summed E-state index contributed by atoms with van der Waals surface area (Å²) < 4.78 is 31.8. The van der Waals surface area contributed by atoms with Gasteiger partial charge in [0.1, 0.15) is 0 Å². The van der Waals surface area contributed by atoms with E-state index in [1.165, 1.54) is 16.5 Å². The van der Waals surface area contributed by atoms with E-state index < -0.39 is 26.6 Å². The molecule has 0 aromatic heterocycles. The van der Waals surface area contributed by atoms with E-state index in [0.717, 1.165) is 29.3 Å². The van der Waals surface area contributed by atoms with Crippen molar-refractivity contribution in [2.24, 2.45) is 0 Å². The zero-order chi connectivity index (χ0) is 17.8. The summed E-state index contributed by atoms with van der Waals surface area (Å²) in [6, 6.07) is 11.1. The minimum absolute atomic E-state index is 0.335. The van der Waals surface area contributed by atoms with E-state index in [9.17, 15) is 8.78 Å². The van der Waals surface area contributed by atoms with Gasteiger partial charge in [0, 0.05) is 0 Å². The number of aryl methyl sites for hydroxylation is 1. The van der Waals surface area contributed by atoms with Gasteiger partial charge in [0.05, 0.1) is 0 Å². The van der Waals surface area contributed by atoms with Crippen LogP contribution < -0.4 is 0 Å². The van der Waals surface area contributed by atoms with Gasteiger partial charge in [-0.3, -0.25) is 0 Å². The number of benzene rings is 2. The van der Waals surface area contributed by atoms with Crippen LogP contribution in [0.25, 0.3) is 15.6 Å². The third kappa shape index (κ3) is 3.94. The van der Waals surface area contributed by atoms with E-state index >= 15 is 0 Å². The van der Waals surface area contributed by atoms with Crippen LogP contribution in [0.3, 0.4) is 0 Å². The van der Waals surface area contributed by atoms with E-state index in [-0.39, 0.29) is 0 Å². The summed E-state index contributed by atoms with van der Waals surface area (Å²) in [5, 5.41) is 0. The van der Waals surface area contributed by atoms with Crippen molar-refractivity contribution in [1.82, 2.24) is 0 Å². The molecule has 0 amide bonds. The molecule has 0 N–H and O–H groups in total. The van der Waals surface area contributed by atoms with Crippen LogP contribution in [0.4, 0.5) is 8.78 Å². The zero-order valence-corrected chi connectivity index (χ0v) is 16.8. The molecule has 132 valence electrons. The summed E-state index contributed by atoms with van der Waals surface area (Å²) in [5.74, 6) is -1.45. The molecule has 2 aromatic carbocycles. The van der Waals surface area contributed by atoms with Crippen molar-refractivity contribution in [1.29, 1.82) is 0 Å². The Hall–Kier alpha value is -1.70. The molecule has 1 heterocycles. The molecule has 0 spiro atoms. The first-order chi connectivity index (χ1) is 12.1. The molecule has 1 aliphatic rings. The van der Waals surface area contributed by atoms with Crippen LogP contribution in [-0.4, -0.2) is 15.0 Å². The molecule has 0 fully saturated rings. The second kappa shape index (κ2) is 8.12. The number of rotatable bonds is 6. The Morgan fingerprint density at radius 1 is 0.840 bits per heavy atom. The normalized spacial score (nSPS) is 15.4. The number of hydrogen-bond acceptors (Lipinski definition) is 0. The first kappa shape index (κ1) is 18.1.